The number of benzene rings is 2. The molecule has 0 spiro atoms. The van der Waals surface area contributed by atoms with E-state index in [4.69, 9.17) is 0 Å². The van der Waals surface area contributed by atoms with Crippen molar-refractivity contribution in [1.29, 1.82) is 0 Å². The number of likely N-dealkylation sites (tertiary alicyclic amines) is 1. The van der Waals surface area contributed by atoms with Gasteiger partial charge in [0.15, 0.2) is 0 Å². The van der Waals surface area contributed by atoms with Crippen LogP contribution in [0, 0.1) is 0 Å². The van der Waals surface area contributed by atoms with Crippen LogP contribution in [0.5, 0.6) is 0 Å². The largest absolute Gasteiger partial charge is 0.342 e. The van der Waals surface area contributed by atoms with Gasteiger partial charge in [-0.15, -0.1) is 0 Å². The Morgan fingerprint density at radius 1 is 0.880 bits per heavy atom. The Balaban J connectivity index is 1.81. The van der Waals surface area contributed by atoms with Gasteiger partial charge in [-0.1, -0.05) is 73.2 Å². The van der Waals surface area contributed by atoms with E-state index in [1.165, 1.54) is 33.4 Å². The first kappa shape index (κ1) is 15.9. The summed E-state index contributed by atoms with van der Waals surface area (Å²) in [6.07, 6.45) is 6.96. The van der Waals surface area contributed by atoms with Crippen molar-refractivity contribution >= 4 is 23.6 Å². The van der Waals surface area contributed by atoms with E-state index in [1.807, 2.05) is 11.8 Å². The van der Waals surface area contributed by atoms with E-state index in [1.54, 1.807) is 0 Å². The molecule has 2 heteroatoms. The van der Waals surface area contributed by atoms with Crippen molar-refractivity contribution in [2.24, 2.45) is 0 Å². The van der Waals surface area contributed by atoms with E-state index in [2.05, 4.69) is 60.7 Å². The van der Waals surface area contributed by atoms with Crippen molar-refractivity contribution < 1.29 is 4.79 Å². The van der Waals surface area contributed by atoms with Crippen molar-refractivity contribution in [1.82, 2.24) is 4.90 Å². The van der Waals surface area contributed by atoms with Gasteiger partial charge in [-0.05, 0) is 40.7 Å². The molecule has 0 aromatic heterocycles. The van der Waals surface area contributed by atoms with Crippen LogP contribution in [0.3, 0.4) is 0 Å². The fraction of sp³-hybridized carbons (Fsp3) is 0.261. The number of nitrogens with zero attached hydrogens (tertiary/aromatic N) is 1. The highest BCUT2D eigenvalue weighted by atomic mass is 16.2. The van der Waals surface area contributed by atoms with Gasteiger partial charge in [-0.25, -0.2) is 0 Å². The molecule has 1 fully saturated rings. The van der Waals surface area contributed by atoms with E-state index in [9.17, 15) is 4.79 Å². The van der Waals surface area contributed by atoms with E-state index in [0.717, 1.165) is 25.9 Å². The van der Waals surface area contributed by atoms with Crippen LogP contribution in [0.25, 0.3) is 17.7 Å². The molecule has 1 saturated heterocycles. The molecule has 0 atom stereocenters. The van der Waals surface area contributed by atoms with E-state index in [0.29, 0.717) is 6.42 Å². The zero-order chi connectivity index (χ0) is 17.2. The van der Waals surface area contributed by atoms with Crippen molar-refractivity contribution in [3.8, 4) is 0 Å². The topological polar surface area (TPSA) is 20.3 Å². The highest BCUT2D eigenvalue weighted by Crippen LogP contribution is 2.38. The predicted octanol–water partition coefficient (Wildman–Crippen LogP) is 5.00. The Bertz CT molecular complexity index is 814. The second-order valence-electron chi connectivity index (χ2n) is 6.72. The number of rotatable bonds is 1. The first-order valence-electron chi connectivity index (χ1n) is 9.14. The SMILES string of the molecule is CCC(=O)N1CCC(=C2c3ccccc3C=Cc3ccccc32)CC1. The van der Waals surface area contributed by atoms with Crippen molar-refractivity contribution in [3.05, 3.63) is 76.4 Å². The molecule has 1 aliphatic carbocycles. The minimum Gasteiger partial charge on any atom is -0.342 e. The van der Waals surface area contributed by atoms with Gasteiger partial charge in [-0.2, -0.15) is 0 Å². The summed E-state index contributed by atoms with van der Waals surface area (Å²) in [5.74, 6) is 0.271. The summed E-state index contributed by atoms with van der Waals surface area (Å²) >= 11 is 0. The van der Waals surface area contributed by atoms with Crippen LogP contribution in [0.4, 0.5) is 0 Å². The number of piperidine rings is 1. The van der Waals surface area contributed by atoms with Gasteiger partial charge in [0.1, 0.15) is 0 Å². The lowest BCUT2D eigenvalue weighted by atomic mass is 9.86. The summed E-state index contributed by atoms with van der Waals surface area (Å²) in [6, 6.07) is 17.3. The summed E-state index contributed by atoms with van der Waals surface area (Å²) in [5, 5.41) is 0. The third kappa shape index (κ3) is 2.93. The third-order valence-electron chi connectivity index (χ3n) is 5.28. The first-order valence-corrected chi connectivity index (χ1v) is 9.14. The molecule has 1 amide bonds. The van der Waals surface area contributed by atoms with Crippen molar-refractivity contribution in [3.63, 3.8) is 0 Å². The minimum absolute atomic E-state index is 0.271. The fourth-order valence-corrected chi connectivity index (χ4v) is 3.95. The normalized spacial score (nSPS) is 16.3. The van der Waals surface area contributed by atoms with E-state index in [-0.39, 0.29) is 5.91 Å². The fourth-order valence-electron chi connectivity index (χ4n) is 3.95. The van der Waals surface area contributed by atoms with Gasteiger partial charge in [-0.3, -0.25) is 4.79 Å². The van der Waals surface area contributed by atoms with Crippen LogP contribution in [-0.2, 0) is 4.79 Å². The summed E-state index contributed by atoms with van der Waals surface area (Å²) in [5.41, 5.74) is 8.02. The van der Waals surface area contributed by atoms with E-state index < -0.39 is 0 Å². The van der Waals surface area contributed by atoms with Gasteiger partial charge >= 0.3 is 0 Å². The zero-order valence-electron chi connectivity index (χ0n) is 14.7. The lowest BCUT2D eigenvalue weighted by molar-refractivity contribution is -0.131. The second-order valence-corrected chi connectivity index (χ2v) is 6.72. The Morgan fingerprint density at radius 2 is 1.40 bits per heavy atom. The van der Waals surface area contributed by atoms with Gasteiger partial charge < -0.3 is 4.90 Å². The number of amides is 1. The molecular formula is C23H23NO. The van der Waals surface area contributed by atoms with Gasteiger partial charge in [0.2, 0.25) is 5.91 Å². The summed E-state index contributed by atoms with van der Waals surface area (Å²) in [6.45, 7) is 3.62. The average Bonchev–Trinajstić information content (AvgIpc) is 2.84. The molecular weight excluding hydrogens is 306 g/mol. The summed E-state index contributed by atoms with van der Waals surface area (Å²) in [7, 11) is 0. The number of hydrogen-bond donors (Lipinski definition) is 0. The standard InChI is InChI=1S/C23H23NO/c1-2-22(25)24-15-13-19(14-16-24)23-20-9-5-3-7-17(20)11-12-18-8-4-6-10-21(18)23/h3-12H,2,13-16H2,1H3. The molecule has 2 aromatic rings. The lowest BCUT2D eigenvalue weighted by Crippen LogP contribution is -2.36. The molecule has 0 saturated carbocycles. The molecule has 1 aliphatic heterocycles. The lowest BCUT2D eigenvalue weighted by Gasteiger charge is -2.30. The molecule has 2 aliphatic rings. The monoisotopic (exact) mass is 329 g/mol. The predicted molar refractivity (Wildman–Crippen MR) is 104 cm³/mol. The highest BCUT2D eigenvalue weighted by molar-refractivity contribution is 5.95. The molecule has 2 nitrogen and oxygen atoms in total. The quantitative estimate of drug-likeness (QED) is 0.615. The molecule has 4 rings (SSSR count). The number of hydrogen-bond acceptors (Lipinski definition) is 1. The van der Waals surface area contributed by atoms with Gasteiger partial charge in [0.25, 0.3) is 0 Å². The van der Waals surface area contributed by atoms with Gasteiger partial charge in [0.05, 0.1) is 0 Å². The Morgan fingerprint density at radius 3 is 1.92 bits per heavy atom. The molecule has 0 unspecified atom stereocenters. The molecule has 126 valence electrons. The first-order chi connectivity index (χ1) is 12.3. The van der Waals surface area contributed by atoms with Crippen molar-refractivity contribution in [2.45, 2.75) is 26.2 Å². The van der Waals surface area contributed by atoms with Gasteiger partial charge in [0, 0.05) is 19.5 Å². The number of fused-ring (bicyclic) bond motifs is 2. The number of carbonyl (C=O) groups is 1. The maximum atomic E-state index is 12.0. The molecule has 0 radical (unpaired) electrons. The van der Waals surface area contributed by atoms with E-state index >= 15 is 0 Å². The highest BCUT2D eigenvalue weighted by Gasteiger charge is 2.23. The average molecular weight is 329 g/mol. The van der Waals surface area contributed by atoms with Crippen LogP contribution in [0.15, 0.2) is 54.1 Å². The van der Waals surface area contributed by atoms with Crippen LogP contribution in [0.1, 0.15) is 48.4 Å². The van der Waals surface area contributed by atoms with Crippen molar-refractivity contribution in [2.75, 3.05) is 13.1 Å². The van der Waals surface area contributed by atoms with Crippen LogP contribution >= 0.6 is 0 Å². The smallest absolute Gasteiger partial charge is 0.222 e. The Labute approximate surface area is 149 Å². The summed E-state index contributed by atoms with van der Waals surface area (Å²) in [4.78, 5) is 14.0. The molecule has 1 heterocycles. The molecule has 25 heavy (non-hydrogen) atoms. The Kier molecular flexibility index (Phi) is 4.27. The Hall–Kier alpha value is -2.61. The summed E-state index contributed by atoms with van der Waals surface area (Å²) < 4.78 is 0. The van der Waals surface area contributed by atoms with Crippen LogP contribution < -0.4 is 0 Å². The third-order valence-corrected chi connectivity index (χ3v) is 5.28. The zero-order valence-corrected chi connectivity index (χ0v) is 14.7. The second kappa shape index (κ2) is 6.72. The number of carbonyl (C=O) groups excluding carboxylic acids is 1. The molecule has 2 aromatic carbocycles. The van der Waals surface area contributed by atoms with Crippen LogP contribution in [0.2, 0.25) is 0 Å². The maximum absolute atomic E-state index is 12.0. The maximum Gasteiger partial charge on any atom is 0.222 e. The molecule has 0 N–H and O–H groups in total. The van der Waals surface area contributed by atoms with Crippen LogP contribution in [-0.4, -0.2) is 23.9 Å². The molecule has 0 bridgehead atoms. The minimum atomic E-state index is 0.271.